The van der Waals surface area contributed by atoms with Gasteiger partial charge in [0.2, 0.25) is 0 Å². The number of nitro groups is 1. The number of carbonyl (C=O) groups excluding carboxylic acids is 1. The SMILES string of the molecule is CC(=O)c1ccc(N2CC(C)SC(C)C2)cc1[N+](=O)[O-]. The molecule has 1 aliphatic rings. The Hall–Kier alpha value is -1.56. The Labute approximate surface area is 122 Å². The lowest BCUT2D eigenvalue weighted by atomic mass is 10.1. The molecule has 2 atom stereocenters. The molecular weight excluding hydrogens is 276 g/mol. The molecule has 0 radical (unpaired) electrons. The van der Waals surface area contributed by atoms with Gasteiger partial charge >= 0.3 is 0 Å². The topological polar surface area (TPSA) is 63.5 Å². The summed E-state index contributed by atoms with van der Waals surface area (Å²) in [6, 6.07) is 4.89. The standard InChI is InChI=1S/C14H18N2O3S/c1-9-7-15(8-10(2)20-9)12-4-5-13(11(3)17)14(6-12)16(18)19/h4-6,9-10H,7-8H2,1-3H3. The second kappa shape index (κ2) is 5.83. The van der Waals surface area contributed by atoms with Crippen LogP contribution in [-0.2, 0) is 0 Å². The van der Waals surface area contributed by atoms with Gasteiger partial charge in [-0.15, -0.1) is 0 Å². The molecule has 2 unspecified atom stereocenters. The number of ketones is 1. The Balaban J connectivity index is 2.36. The van der Waals surface area contributed by atoms with Gasteiger partial charge in [0.15, 0.2) is 5.78 Å². The second-order valence-corrected chi connectivity index (χ2v) is 7.06. The molecule has 1 aliphatic heterocycles. The van der Waals surface area contributed by atoms with E-state index in [1.807, 2.05) is 11.8 Å². The zero-order chi connectivity index (χ0) is 14.9. The molecular formula is C14H18N2O3S. The van der Waals surface area contributed by atoms with E-state index in [1.54, 1.807) is 12.1 Å². The molecule has 0 bridgehead atoms. The van der Waals surface area contributed by atoms with Gasteiger partial charge in [0.1, 0.15) is 0 Å². The highest BCUT2D eigenvalue weighted by molar-refractivity contribution is 8.00. The van der Waals surface area contributed by atoms with Gasteiger partial charge in [0.25, 0.3) is 5.69 Å². The third-order valence-electron chi connectivity index (χ3n) is 3.34. The first kappa shape index (κ1) is 14.8. The van der Waals surface area contributed by atoms with Crippen molar-refractivity contribution in [1.29, 1.82) is 0 Å². The molecule has 2 rings (SSSR count). The Bertz CT molecular complexity index is 537. The maximum Gasteiger partial charge on any atom is 0.282 e. The first-order valence-corrected chi connectivity index (χ1v) is 7.52. The molecule has 5 nitrogen and oxygen atoms in total. The lowest BCUT2D eigenvalue weighted by Crippen LogP contribution is -2.40. The van der Waals surface area contributed by atoms with Crippen LogP contribution < -0.4 is 4.90 Å². The minimum Gasteiger partial charge on any atom is -0.369 e. The van der Waals surface area contributed by atoms with Crippen molar-refractivity contribution in [2.75, 3.05) is 18.0 Å². The minimum absolute atomic E-state index is 0.103. The molecule has 1 heterocycles. The van der Waals surface area contributed by atoms with Crippen LogP contribution in [0.3, 0.4) is 0 Å². The fourth-order valence-electron chi connectivity index (χ4n) is 2.55. The van der Waals surface area contributed by atoms with E-state index >= 15 is 0 Å². The Morgan fingerprint density at radius 3 is 2.45 bits per heavy atom. The molecule has 1 aromatic carbocycles. The molecule has 1 aromatic rings. The van der Waals surface area contributed by atoms with E-state index in [2.05, 4.69) is 18.7 Å². The summed E-state index contributed by atoms with van der Waals surface area (Å²) in [4.78, 5) is 24.2. The summed E-state index contributed by atoms with van der Waals surface area (Å²) < 4.78 is 0. The van der Waals surface area contributed by atoms with Crippen LogP contribution in [0.4, 0.5) is 11.4 Å². The van der Waals surface area contributed by atoms with Crippen molar-refractivity contribution in [3.8, 4) is 0 Å². The Morgan fingerprint density at radius 2 is 1.95 bits per heavy atom. The predicted molar refractivity (Wildman–Crippen MR) is 81.8 cm³/mol. The molecule has 0 N–H and O–H groups in total. The van der Waals surface area contributed by atoms with Crippen molar-refractivity contribution in [3.63, 3.8) is 0 Å². The molecule has 1 fully saturated rings. The maximum atomic E-state index is 11.4. The Morgan fingerprint density at radius 1 is 1.35 bits per heavy atom. The fourth-order valence-corrected chi connectivity index (χ4v) is 3.88. The highest BCUT2D eigenvalue weighted by atomic mass is 32.2. The van der Waals surface area contributed by atoms with Crippen molar-refractivity contribution in [2.45, 2.75) is 31.3 Å². The molecule has 1 saturated heterocycles. The minimum atomic E-state index is -0.480. The van der Waals surface area contributed by atoms with E-state index < -0.39 is 4.92 Å². The quantitative estimate of drug-likeness (QED) is 0.487. The van der Waals surface area contributed by atoms with Crippen LogP contribution >= 0.6 is 11.8 Å². The van der Waals surface area contributed by atoms with E-state index in [-0.39, 0.29) is 17.0 Å². The highest BCUT2D eigenvalue weighted by Gasteiger charge is 2.25. The van der Waals surface area contributed by atoms with Crippen LogP contribution in [0.2, 0.25) is 0 Å². The lowest BCUT2D eigenvalue weighted by Gasteiger charge is -2.36. The largest absolute Gasteiger partial charge is 0.369 e. The van der Waals surface area contributed by atoms with Gasteiger partial charge in [-0.3, -0.25) is 14.9 Å². The van der Waals surface area contributed by atoms with Crippen LogP contribution in [0.25, 0.3) is 0 Å². The average Bonchev–Trinajstić information content (AvgIpc) is 2.36. The first-order chi connectivity index (χ1) is 9.38. The maximum absolute atomic E-state index is 11.4. The number of nitrogens with zero attached hydrogens (tertiary/aromatic N) is 2. The van der Waals surface area contributed by atoms with Gasteiger partial charge < -0.3 is 4.90 Å². The number of rotatable bonds is 3. The van der Waals surface area contributed by atoms with Crippen LogP contribution in [0.1, 0.15) is 31.1 Å². The second-order valence-electron chi connectivity index (χ2n) is 5.18. The summed E-state index contributed by atoms with van der Waals surface area (Å²) >= 11 is 1.93. The summed E-state index contributed by atoms with van der Waals surface area (Å²) in [5.41, 5.74) is 0.889. The first-order valence-electron chi connectivity index (χ1n) is 6.58. The van der Waals surface area contributed by atoms with E-state index in [4.69, 9.17) is 0 Å². The number of hydrogen-bond acceptors (Lipinski definition) is 5. The number of Topliss-reactive ketones (excluding diaryl/α,β-unsaturated/α-hetero) is 1. The smallest absolute Gasteiger partial charge is 0.282 e. The van der Waals surface area contributed by atoms with E-state index in [0.717, 1.165) is 18.8 Å². The van der Waals surface area contributed by atoms with Gasteiger partial charge in [-0.05, 0) is 19.1 Å². The molecule has 0 saturated carbocycles. The average molecular weight is 294 g/mol. The van der Waals surface area contributed by atoms with Gasteiger partial charge in [-0.25, -0.2) is 0 Å². The van der Waals surface area contributed by atoms with Crippen molar-refractivity contribution in [1.82, 2.24) is 0 Å². The van der Waals surface area contributed by atoms with Crippen molar-refractivity contribution >= 4 is 28.9 Å². The molecule has 108 valence electrons. The number of nitro benzene ring substituents is 1. The molecule has 0 aliphatic carbocycles. The van der Waals surface area contributed by atoms with E-state index in [9.17, 15) is 14.9 Å². The van der Waals surface area contributed by atoms with Crippen LogP contribution in [0, 0.1) is 10.1 Å². The summed E-state index contributed by atoms with van der Waals surface area (Å²) in [6.45, 7) is 7.40. The van der Waals surface area contributed by atoms with Gasteiger partial charge in [0, 0.05) is 35.3 Å². The van der Waals surface area contributed by atoms with Gasteiger partial charge in [-0.1, -0.05) is 13.8 Å². The monoisotopic (exact) mass is 294 g/mol. The predicted octanol–water partition coefficient (Wildman–Crippen LogP) is 3.13. The number of carbonyl (C=O) groups is 1. The van der Waals surface area contributed by atoms with Gasteiger partial charge in [-0.2, -0.15) is 11.8 Å². The summed E-state index contributed by atoms with van der Waals surface area (Å²) in [7, 11) is 0. The number of benzene rings is 1. The molecule has 20 heavy (non-hydrogen) atoms. The molecule has 0 spiro atoms. The lowest BCUT2D eigenvalue weighted by molar-refractivity contribution is -0.385. The zero-order valence-electron chi connectivity index (χ0n) is 11.8. The van der Waals surface area contributed by atoms with Crippen molar-refractivity contribution in [3.05, 3.63) is 33.9 Å². The number of thioether (sulfide) groups is 1. The zero-order valence-corrected chi connectivity index (χ0v) is 12.6. The van der Waals surface area contributed by atoms with E-state index in [0.29, 0.717) is 10.5 Å². The number of hydrogen-bond donors (Lipinski definition) is 0. The molecule has 0 aromatic heterocycles. The normalized spacial score (nSPS) is 22.6. The van der Waals surface area contributed by atoms with Gasteiger partial charge in [0.05, 0.1) is 10.5 Å². The van der Waals surface area contributed by atoms with Crippen LogP contribution in [0.5, 0.6) is 0 Å². The third kappa shape index (κ3) is 3.12. The Kier molecular flexibility index (Phi) is 4.32. The summed E-state index contributed by atoms with van der Waals surface area (Å²) in [5.74, 6) is -0.279. The molecule has 0 amide bonds. The highest BCUT2D eigenvalue weighted by Crippen LogP contribution is 2.31. The molecule has 6 heteroatoms. The summed E-state index contributed by atoms with van der Waals surface area (Å²) in [5, 5.41) is 12.1. The fraction of sp³-hybridized carbons (Fsp3) is 0.500. The van der Waals surface area contributed by atoms with Crippen LogP contribution in [-0.4, -0.2) is 34.3 Å². The third-order valence-corrected chi connectivity index (χ3v) is 4.57. The van der Waals surface area contributed by atoms with E-state index in [1.165, 1.54) is 13.0 Å². The van der Waals surface area contributed by atoms with Crippen molar-refractivity contribution in [2.24, 2.45) is 0 Å². The summed E-state index contributed by atoms with van der Waals surface area (Å²) in [6.07, 6.45) is 0. The van der Waals surface area contributed by atoms with Crippen LogP contribution in [0.15, 0.2) is 18.2 Å². The number of anilines is 1. The van der Waals surface area contributed by atoms with Crippen molar-refractivity contribution < 1.29 is 9.72 Å².